The molecule has 1 aromatic carbocycles. The van der Waals surface area contributed by atoms with Crippen LogP contribution in [-0.2, 0) is 20.7 Å². The molecule has 0 aliphatic heterocycles. The lowest BCUT2D eigenvalue weighted by atomic mass is 10.1. The normalized spacial score (nSPS) is 11.6. The van der Waals surface area contributed by atoms with Crippen molar-refractivity contribution in [2.45, 2.75) is 64.8 Å². The van der Waals surface area contributed by atoms with Crippen LogP contribution in [0.25, 0.3) is 0 Å². The second-order valence-corrected chi connectivity index (χ2v) is 6.10. The summed E-state index contributed by atoms with van der Waals surface area (Å²) in [4.78, 5) is 24.2. The molecule has 0 aromatic heterocycles. The Bertz CT molecular complexity index is 490. The summed E-state index contributed by atoms with van der Waals surface area (Å²) < 4.78 is 10.4. The Hall–Kier alpha value is -2.04. The van der Waals surface area contributed by atoms with Crippen molar-refractivity contribution in [3.63, 3.8) is 0 Å². The van der Waals surface area contributed by atoms with Gasteiger partial charge in [-0.15, -0.1) is 0 Å². The summed E-state index contributed by atoms with van der Waals surface area (Å²) in [6.45, 7) is 4.80. The first kappa shape index (κ1) is 21.0. The maximum atomic E-state index is 12.4. The first-order valence-electron chi connectivity index (χ1n) is 9.31. The van der Waals surface area contributed by atoms with Gasteiger partial charge in [0.05, 0.1) is 13.2 Å². The molecule has 0 spiro atoms. The van der Waals surface area contributed by atoms with E-state index >= 15 is 0 Å². The highest BCUT2D eigenvalue weighted by Crippen LogP contribution is 2.07. The Morgan fingerprint density at radius 3 is 2.32 bits per heavy atom. The molecule has 1 unspecified atom stereocenters. The number of nitrogens with one attached hydrogen (secondary N) is 1. The summed E-state index contributed by atoms with van der Waals surface area (Å²) in [6.07, 6.45) is 5.99. The molecule has 5 nitrogen and oxygen atoms in total. The third-order valence-electron chi connectivity index (χ3n) is 3.79. The largest absolute Gasteiger partial charge is 0.464 e. The van der Waals surface area contributed by atoms with E-state index in [0.717, 1.165) is 31.2 Å². The van der Waals surface area contributed by atoms with Crippen molar-refractivity contribution in [3.05, 3.63) is 35.9 Å². The predicted molar refractivity (Wildman–Crippen MR) is 98.4 cm³/mol. The molecule has 1 amide bonds. The highest BCUT2D eigenvalue weighted by atomic mass is 16.6. The summed E-state index contributed by atoms with van der Waals surface area (Å²) in [5.74, 6) is -0.409. The van der Waals surface area contributed by atoms with Gasteiger partial charge in [0.1, 0.15) is 6.04 Å². The number of benzene rings is 1. The van der Waals surface area contributed by atoms with E-state index in [4.69, 9.17) is 9.47 Å². The minimum atomic E-state index is -0.734. The van der Waals surface area contributed by atoms with Crippen LogP contribution in [0.3, 0.4) is 0 Å². The molecule has 5 heteroatoms. The highest BCUT2D eigenvalue weighted by Gasteiger charge is 2.23. The molecular formula is C20H31NO4. The fraction of sp³-hybridized carbons (Fsp3) is 0.600. The lowest BCUT2D eigenvalue weighted by molar-refractivity contribution is -0.146. The molecule has 0 heterocycles. The molecule has 1 N–H and O–H groups in total. The van der Waals surface area contributed by atoms with E-state index in [0.29, 0.717) is 19.6 Å². The van der Waals surface area contributed by atoms with Gasteiger partial charge in [-0.05, 0) is 18.4 Å². The van der Waals surface area contributed by atoms with Gasteiger partial charge in [-0.1, -0.05) is 69.9 Å². The fourth-order valence-electron chi connectivity index (χ4n) is 2.40. The Labute approximate surface area is 151 Å². The molecule has 1 aromatic rings. The number of esters is 1. The van der Waals surface area contributed by atoms with Crippen molar-refractivity contribution in [3.8, 4) is 0 Å². The van der Waals surface area contributed by atoms with Gasteiger partial charge in [-0.25, -0.2) is 9.59 Å². The maximum Gasteiger partial charge on any atom is 0.407 e. The van der Waals surface area contributed by atoms with E-state index in [-0.39, 0.29) is 0 Å². The zero-order valence-corrected chi connectivity index (χ0v) is 15.5. The average molecular weight is 349 g/mol. The third kappa shape index (κ3) is 9.75. The van der Waals surface area contributed by atoms with Gasteiger partial charge in [-0.3, -0.25) is 0 Å². The van der Waals surface area contributed by atoms with Gasteiger partial charge in [-0.2, -0.15) is 0 Å². The van der Waals surface area contributed by atoms with Gasteiger partial charge in [0, 0.05) is 6.42 Å². The maximum absolute atomic E-state index is 12.4. The number of ether oxygens (including phenoxy) is 2. The Balaban J connectivity index is 2.50. The summed E-state index contributed by atoms with van der Waals surface area (Å²) in [5, 5.41) is 2.63. The minimum Gasteiger partial charge on any atom is -0.464 e. The number of alkyl carbamates (subject to hydrolysis) is 1. The van der Waals surface area contributed by atoms with Crippen molar-refractivity contribution in [1.29, 1.82) is 0 Å². The van der Waals surface area contributed by atoms with Crippen LogP contribution in [0.5, 0.6) is 0 Å². The van der Waals surface area contributed by atoms with Crippen LogP contribution in [0.1, 0.15) is 57.9 Å². The zero-order chi connectivity index (χ0) is 18.3. The zero-order valence-electron chi connectivity index (χ0n) is 15.5. The van der Waals surface area contributed by atoms with Gasteiger partial charge in [0.15, 0.2) is 0 Å². The smallest absolute Gasteiger partial charge is 0.407 e. The lowest BCUT2D eigenvalue weighted by Gasteiger charge is -2.17. The number of unbranched alkanes of at least 4 members (excludes halogenated alkanes) is 4. The third-order valence-corrected chi connectivity index (χ3v) is 3.79. The molecule has 0 aliphatic rings. The second-order valence-electron chi connectivity index (χ2n) is 6.10. The first-order valence-corrected chi connectivity index (χ1v) is 9.31. The molecule has 1 rings (SSSR count). The minimum absolute atomic E-state index is 0.330. The van der Waals surface area contributed by atoms with E-state index in [1.165, 1.54) is 12.8 Å². The van der Waals surface area contributed by atoms with Crippen LogP contribution >= 0.6 is 0 Å². The van der Waals surface area contributed by atoms with Gasteiger partial charge < -0.3 is 14.8 Å². The molecule has 0 bridgehead atoms. The van der Waals surface area contributed by atoms with Crippen molar-refractivity contribution >= 4 is 12.1 Å². The second kappa shape index (κ2) is 13.3. The predicted octanol–water partition coefficient (Wildman–Crippen LogP) is 4.25. The average Bonchev–Trinajstić information content (AvgIpc) is 2.63. The van der Waals surface area contributed by atoms with Crippen molar-refractivity contribution in [1.82, 2.24) is 5.32 Å². The number of carbonyl (C=O) groups is 2. The summed E-state index contributed by atoms with van der Waals surface area (Å²) in [7, 11) is 0. The lowest BCUT2D eigenvalue weighted by Crippen LogP contribution is -2.43. The molecule has 1 atom stereocenters. The van der Waals surface area contributed by atoms with Crippen LogP contribution in [0, 0.1) is 0 Å². The number of rotatable bonds is 12. The molecule has 25 heavy (non-hydrogen) atoms. The van der Waals surface area contributed by atoms with Gasteiger partial charge in [0.2, 0.25) is 0 Å². The van der Waals surface area contributed by atoms with Gasteiger partial charge >= 0.3 is 12.1 Å². The Kier molecular flexibility index (Phi) is 11.2. The monoisotopic (exact) mass is 349 g/mol. The topological polar surface area (TPSA) is 64.6 Å². The molecule has 0 saturated carbocycles. The molecular weight excluding hydrogens is 318 g/mol. The van der Waals surface area contributed by atoms with Crippen LogP contribution < -0.4 is 5.32 Å². The molecule has 0 radical (unpaired) electrons. The standard InChI is InChI=1S/C20H31NO4/c1-3-5-6-7-11-15-24-19(22)18(21-20(23)25-14-4-2)16-17-12-9-8-10-13-17/h8-10,12-13,18H,3-7,11,14-16H2,1-2H3,(H,21,23). The number of hydrogen-bond donors (Lipinski definition) is 1. The fourth-order valence-corrected chi connectivity index (χ4v) is 2.40. The van der Waals surface area contributed by atoms with Crippen LogP contribution in [0.2, 0.25) is 0 Å². The summed E-state index contributed by atoms with van der Waals surface area (Å²) in [6, 6.07) is 8.83. The van der Waals surface area contributed by atoms with E-state index < -0.39 is 18.1 Å². The summed E-state index contributed by atoms with van der Waals surface area (Å²) >= 11 is 0. The van der Waals surface area contributed by atoms with E-state index in [1.54, 1.807) is 0 Å². The van der Waals surface area contributed by atoms with Crippen molar-refractivity contribution < 1.29 is 19.1 Å². The van der Waals surface area contributed by atoms with E-state index in [9.17, 15) is 9.59 Å². The molecule has 0 aliphatic carbocycles. The van der Waals surface area contributed by atoms with E-state index in [2.05, 4.69) is 12.2 Å². The number of carbonyl (C=O) groups excluding carboxylic acids is 2. The quantitative estimate of drug-likeness (QED) is 0.453. The number of amides is 1. The Morgan fingerprint density at radius 2 is 1.64 bits per heavy atom. The van der Waals surface area contributed by atoms with Crippen molar-refractivity contribution in [2.75, 3.05) is 13.2 Å². The summed E-state index contributed by atoms with van der Waals surface area (Å²) in [5.41, 5.74) is 0.961. The Morgan fingerprint density at radius 1 is 0.920 bits per heavy atom. The van der Waals surface area contributed by atoms with E-state index in [1.807, 2.05) is 37.3 Å². The highest BCUT2D eigenvalue weighted by molar-refractivity contribution is 5.81. The van der Waals surface area contributed by atoms with Crippen LogP contribution in [0.15, 0.2) is 30.3 Å². The van der Waals surface area contributed by atoms with Gasteiger partial charge in [0.25, 0.3) is 0 Å². The van der Waals surface area contributed by atoms with Crippen LogP contribution in [-0.4, -0.2) is 31.3 Å². The molecule has 0 saturated heterocycles. The molecule has 140 valence electrons. The van der Waals surface area contributed by atoms with Crippen LogP contribution in [0.4, 0.5) is 4.79 Å². The molecule has 0 fully saturated rings. The van der Waals surface area contributed by atoms with Crippen molar-refractivity contribution in [2.24, 2.45) is 0 Å². The number of hydrogen-bond acceptors (Lipinski definition) is 4. The SMILES string of the molecule is CCCCCCCOC(=O)C(Cc1ccccc1)NC(=O)OCCC. The first-order chi connectivity index (χ1) is 12.2.